The Kier molecular flexibility index (Phi) is 1.89. The topological polar surface area (TPSA) is 26.0 Å². The minimum atomic E-state index is 0.0388. The van der Waals surface area contributed by atoms with Gasteiger partial charge in [0.15, 0.2) is 0 Å². The van der Waals surface area contributed by atoms with Crippen LogP contribution in [-0.2, 0) is 12.0 Å². The molecule has 0 amide bonds. The molecule has 0 unspecified atom stereocenters. The third-order valence-electron chi connectivity index (χ3n) is 3.27. The quantitative estimate of drug-likeness (QED) is 0.763. The Morgan fingerprint density at radius 3 is 2.93 bits per heavy atom. The third kappa shape index (κ3) is 1.37. The molecule has 0 radical (unpaired) electrons. The van der Waals surface area contributed by atoms with Crippen molar-refractivity contribution in [2.24, 2.45) is 5.73 Å². The Morgan fingerprint density at radius 1 is 1.29 bits per heavy atom. The summed E-state index contributed by atoms with van der Waals surface area (Å²) in [6, 6.07) is 6.83. The standard InChI is InChI=1S/C12H15NS/c13-12(5-6-12)10-3-4-11-9(8-10)2-1-7-14-11/h3-4,8H,1-2,5-7,13H2. The average Bonchev–Trinajstić information content (AvgIpc) is 2.97. The van der Waals surface area contributed by atoms with Gasteiger partial charge in [0.05, 0.1) is 0 Å². The summed E-state index contributed by atoms with van der Waals surface area (Å²) in [4.78, 5) is 1.48. The van der Waals surface area contributed by atoms with Crippen LogP contribution < -0.4 is 5.73 Å². The van der Waals surface area contributed by atoms with Crippen LogP contribution in [0.1, 0.15) is 30.4 Å². The zero-order valence-electron chi connectivity index (χ0n) is 8.25. The number of benzene rings is 1. The second-order valence-electron chi connectivity index (χ2n) is 4.43. The van der Waals surface area contributed by atoms with Crippen LogP contribution in [0.25, 0.3) is 0 Å². The molecule has 1 aromatic carbocycles. The first-order valence-corrected chi connectivity index (χ1v) is 6.32. The maximum atomic E-state index is 6.19. The van der Waals surface area contributed by atoms with E-state index < -0.39 is 0 Å². The second-order valence-corrected chi connectivity index (χ2v) is 5.57. The van der Waals surface area contributed by atoms with E-state index >= 15 is 0 Å². The lowest BCUT2D eigenvalue weighted by molar-refractivity contribution is 0.733. The van der Waals surface area contributed by atoms with Gasteiger partial charge in [0.2, 0.25) is 0 Å². The maximum absolute atomic E-state index is 6.19. The molecule has 1 aromatic rings. The molecular formula is C12H15NS. The number of hydrogen-bond acceptors (Lipinski definition) is 2. The fourth-order valence-corrected chi connectivity index (χ4v) is 3.11. The first-order chi connectivity index (χ1) is 6.78. The van der Waals surface area contributed by atoms with Crippen LogP contribution in [0.2, 0.25) is 0 Å². The Bertz CT molecular complexity index is 369. The van der Waals surface area contributed by atoms with Crippen LogP contribution in [0.5, 0.6) is 0 Å². The van der Waals surface area contributed by atoms with Gasteiger partial charge in [0.1, 0.15) is 0 Å². The third-order valence-corrected chi connectivity index (χ3v) is 4.47. The van der Waals surface area contributed by atoms with E-state index in [1.807, 2.05) is 11.8 Å². The van der Waals surface area contributed by atoms with Crippen molar-refractivity contribution in [1.29, 1.82) is 0 Å². The zero-order chi connectivity index (χ0) is 9.60. The highest BCUT2D eigenvalue weighted by Crippen LogP contribution is 2.44. The van der Waals surface area contributed by atoms with E-state index in [-0.39, 0.29) is 5.54 Å². The van der Waals surface area contributed by atoms with Crippen molar-refractivity contribution in [2.45, 2.75) is 36.1 Å². The smallest absolute Gasteiger partial charge is 0.0411 e. The van der Waals surface area contributed by atoms with Crippen LogP contribution in [-0.4, -0.2) is 5.75 Å². The second kappa shape index (κ2) is 3.01. The van der Waals surface area contributed by atoms with Crippen molar-refractivity contribution < 1.29 is 0 Å². The van der Waals surface area contributed by atoms with Crippen molar-refractivity contribution >= 4 is 11.8 Å². The van der Waals surface area contributed by atoms with Gasteiger partial charge in [-0.05, 0) is 48.6 Å². The SMILES string of the molecule is NC1(c2ccc3c(c2)CCCS3)CC1. The van der Waals surface area contributed by atoms with Crippen molar-refractivity contribution in [3.8, 4) is 0 Å². The molecule has 3 rings (SSSR count). The first-order valence-electron chi connectivity index (χ1n) is 5.33. The zero-order valence-corrected chi connectivity index (χ0v) is 9.07. The van der Waals surface area contributed by atoms with Gasteiger partial charge in [0.25, 0.3) is 0 Å². The monoisotopic (exact) mass is 205 g/mol. The van der Waals surface area contributed by atoms with E-state index in [1.165, 1.54) is 47.5 Å². The summed E-state index contributed by atoms with van der Waals surface area (Å²) in [5.74, 6) is 1.28. The predicted molar refractivity (Wildman–Crippen MR) is 60.6 cm³/mol. The van der Waals surface area contributed by atoms with Crippen LogP contribution in [0.15, 0.2) is 23.1 Å². The van der Waals surface area contributed by atoms with E-state index in [0.29, 0.717) is 0 Å². The Hall–Kier alpha value is -0.470. The van der Waals surface area contributed by atoms with Gasteiger partial charge in [-0.25, -0.2) is 0 Å². The number of rotatable bonds is 1. The highest BCUT2D eigenvalue weighted by Gasteiger charge is 2.40. The Balaban J connectivity index is 2.01. The van der Waals surface area contributed by atoms with Crippen molar-refractivity contribution in [2.75, 3.05) is 5.75 Å². The van der Waals surface area contributed by atoms with E-state index in [0.717, 1.165) is 0 Å². The van der Waals surface area contributed by atoms with Gasteiger partial charge in [-0.2, -0.15) is 0 Å². The van der Waals surface area contributed by atoms with Crippen molar-refractivity contribution in [1.82, 2.24) is 0 Å². The van der Waals surface area contributed by atoms with E-state index in [4.69, 9.17) is 5.73 Å². The number of fused-ring (bicyclic) bond motifs is 1. The maximum Gasteiger partial charge on any atom is 0.0411 e. The molecule has 0 spiro atoms. The van der Waals surface area contributed by atoms with Gasteiger partial charge < -0.3 is 5.73 Å². The number of thioether (sulfide) groups is 1. The minimum Gasteiger partial charge on any atom is -0.321 e. The lowest BCUT2D eigenvalue weighted by Gasteiger charge is -2.18. The van der Waals surface area contributed by atoms with Crippen LogP contribution >= 0.6 is 11.8 Å². The molecule has 0 saturated heterocycles. The number of nitrogens with two attached hydrogens (primary N) is 1. The molecule has 1 aliphatic carbocycles. The summed E-state index contributed by atoms with van der Waals surface area (Å²) in [7, 11) is 0. The lowest BCUT2D eigenvalue weighted by Crippen LogP contribution is -2.19. The Morgan fingerprint density at radius 2 is 2.14 bits per heavy atom. The molecule has 1 nitrogen and oxygen atoms in total. The molecule has 0 aromatic heterocycles. The molecule has 2 N–H and O–H groups in total. The van der Waals surface area contributed by atoms with E-state index in [1.54, 1.807) is 0 Å². The largest absolute Gasteiger partial charge is 0.321 e. The van der Waals surface area contributed by atoms with Gasteiger partial charge in [0, 0.05) is 10.4 Å². The van der Waals surface area contributed by atoms with Crippen molar-refractivity contribution in [3.63, 3.8) is 0 Å². The molecule has 1 fully saturated rings. The van der Waals surface area contributed by atoms with Crippen molar-refractivity contribution in [3.05, 3.63) is 29.3 Å². The van der Waals surface area contributed by atoms with E-state index in [2.05, 4.69) is 18.2 Å². The Labute approximate surface area is 89.1 Å². The molecular weight excluding hydrogens is 190 g/mol. The van der Waals surface area contributed by atoms with Gasteiger partial charge in [-0.3, -0.25) is 0 Å². The summed E-state index contributed by atoms with van der Waals surface area (Å²) < 4.78 is 0. The fraction of sp³-hybridized carbons (Fsp3) is 0.500. The minimum absolute atomic E-state index is 0.0388. The summed E-state index contributed by atoms with van der Waals surface area (Å²) >= 11 is 1.99. The van der Waals surface area contributed by atoms with Gasteiger partial charge in [-0.1, -0.05) is 12.1 Å². The molecule has 1 heterocycles. The normalized spacial score (nSPS) is 22.9. The molecule has 0 atom stereocenters. The number of hydrogen-bond donors (Lipinski definition) is 1. The summed E-state index contributed by atoms with van der Waals surface area (Å²) in [5, 5.41) is 0. The lowest BCUT2D eigenvalue weighted by atomic mass is 10.0. The molecule has 2 heteroatoms. The van der Waals surface area contributed by atoms with Gasteiger partial charge in [-0.15, -0.1) is 11.8 Å². The molecule has 1 aliphatic heterocycles. The van der Waals surface area contributed by atoms with E-state index in [9.17, 15) is 0 Å². The average molecular weight is 205 g/mol. The number of aryl methyl sites for hydroxylation is 1. The van der Waals surface area contributed by atoms with Crippen LogP contribution in [0.3, 0.4) is 0 Å². The fourth-order valence-electron chi connectivity index (χ4n) is 2.09. The van der Waals surface area contributed by atoms with Crippen LogP contribution in [0.4, 0.5) is 0 Å². The molecule has 14 heavy (non-hydrogen) atoms. The predicted octanol–water partition coefficient (Wildman–Crippen LogP) is 2.67. The highest BCUT2D eigenvalue weighted by atomic mass is 32.2. The van der Waals surface area contributed by atoms with Crippen LogP contribution in [0, 0.1) is 0 Å². The summed E-state index contributed by atoms with van der Waals surface area (Å²) in [5.41, 5.74) is 9.12. The summed E-state index contributed by atoms with van der Waals surface area (Å²) in [6.07, 6.45) is 4.89. The summed E-state index contributed by atoms with van der Waals surface area (Å²) in [6.45, 7) is 0. The molecule has 74 valence electrons. The van der Waals surface area contributed by atoms with Gasteiger partial charge >= 0.3 is 0 Å². The molecule has 2 aliphatic rings. The first kappa shape index (κ1) is 8.81. The highest BCUT2D eigenvalue weighted by molar-refractivity contribution is 7.99. The molecule has 0 bridgehead atoms. The molecule has 1 saturated carbocycles.